The fourth-order valence-corrected chi connectivity index (χ4v) is 5.93. The summed E-state index contributed by atoms with van der Waals surface area (Å²) < 4.78 is 12.6. The summed E-state index contributed by atoms with van der Waals surface area (Å²) in [7, 11) is 1.53. The quantitative estimate of drug-likeness (QED) is 0.143. The number of ether oxygens (including phenoxy) is 2. The van der Waals surface area contributed by atoms with Crippen LogP contribution in [0.4, 0.5) is 5.13 Å². The van der Waals surface area contributed by atoms with Gasteiger partial charge in [0.25, 0.3) is 5.78 Å². The number of benzene rings is 3. The van der Waals surface area contributed by atoms with Gasteiger partial charge in [-0.15, -0.1) is 0 Å². The molecule has 5 aromatic rings. The molecule has 8 nitrogen and oxygen atoms in total. The number of Topliss-reactive ketones (excluding diaryl/α,β-unsaturated/α-hetero) is 1. The van der Waals surface area contributed by atoms with Crippen LogP contribution in [0.5, 0.6) is 11.5 Å². The molecule has 1 fully saturated rings. The number of hydrogen-bond acceptors (Lipinski definition) is 8. The van der Waals surface area contributed by atoms with E-state index >= 15 is 0 Å². The van der Waals surface area contributed by atoms with E-state index in [1.807, 2.05) is 55.5 Å². The Morgan fingerprint density at radius 3 is 2.51 bits per heavy atom. The van der Waals surface area contributed by atoms with E-state index in [1.165, 1.54) is 35.7 Å². The molecule has 0 bridgehead atoms. The fourth-order valence-electron chi connectivity index (χ4n) is 4.84. The summed E-state index contributed by atoms with van der Waals surface area (Å²) in [6.07, 6.45) is 3.02. The zero-order valence-electron chi connectivity index (χ0n) is 22.3. The Hall–Kier alpha value is -5.02. The molecule has 1 unspecified atom stereocenters. The Balaban J connectivity index is 1.47. The smallest absolute Gasteiger partial charge is 0.301 e. The summed E-state index contributed by atoms with van der Waals surface area (Å²) >= 11 is 1.31. The molecular weight excluding hydrogens is 538 g/mol. The van der Waals surface area contributed by atoms with Crippen LogP contribution < -0.4 is 14.4 Å². The van der Waals surface area contributed by atoms with Gasteiger partial charge in [0.1, 0.15) is 12.4 Å². The van der Waals surface area contributed by atoms with Gasteiger partial charge >= 0.3 is 5.91 Å². The van der Waals surface area contributed by atoms with Crippen molar-refractivity contribution in [2.45, 2.75) is 19.6 Å². The minimum atomic E-state index is -0.957. The second-order valence-electron chi connectivity index (χ2n) is 9.56. The second kappa shape index (κ2) is 10.9. The van der Waals surface area contributed by atoms with Crippen LogP contribution in [0.25, 0.3) is 16.0 Å². The van der Waals surface area contributed by atoms with Gasteiger partial charge in [0.15, 0.2) is 16.6 Å². The van der Waals surface area contributed by atoms with Crippen molar-refractivity contribution in [3.8, 4) is 11.5 Å². The van der Waals surface area contributed by atoms with Crippen LogP contribution in [0.3, 0.4) is 0 Å². The molecule has 3 aromatic carbocycles. The number of ketones is 1. The van der Waals surface area contributed by atoms with Crippen molar-refractivity contribution in [3.05, 3.63) is 119 Å². The summed E-state index contributed by atoms with van der Waals surface area (Å²) in [6.45, 7) is 2.32. The van der Waals surface area contributed by atoms with Gasteiger partial charge in [0, 0.05) is 18.0 Å². The van der Waals surface area contributed by atoms with Crippen LogP contribution in [0.1, 0.15) is 28.3 Å². The molecule has 2 aromatic heterocycles. The predicted octanol–water partition coefficient (Wildman–Crippen LogP) is 6.21. The standard InChI is InChI=1S/C32H25N3O5S/c1-19-8-10-23-26(16-19)41-32(34-23)35-28(27(30(37)31(35)38)29(36)21-12-14-33-15-13-21)22-9-11-24(25(17-22)39-2)40-18-20-6-4-3-5-7-20/h3-17,28,36H,18H2,1-2H3. The molecule has 1 aliphatic rings. The molecule has 3 heterocycles. The maximum atomic E-state index is 13.6. The monoisotopic (exact) mass is 563 g/mol. The van der Waals surface area contributed by atoms with Crippen molar-refractivity contribution in [1.29, 1.82) is 0 Å². The Morgan fingerprint density at radius 1 is 0.976 bits per heavy atom. The lowest BCUT2D eigenvalue weighted by atomic mass is 9.95. The zero-order valence-corrected chi connectivity index (χ0v) is 23.1. The van der Waals surface area contributed by atoms with Gasteiger partial charge in [0.05, 0.1) is 28.9 Å². The molecular formula is C32H25N3O5S. The first-order chi connectivity index (χ1) is 19.9. The lowest BCUT2D eigenvalue weighted by molar-refractivity contribution is -0.132. The number of hydrogen-bond donors (Lipinski definition) is 1. The van der Waals surface area contributed by atoms with Crippen LogP contribution in [0, 0.1) is 6.92 Å². The molecule has 1 amide bonds. The molecule has 1 atom stereocenters. The number of anilines is 1. The molecule has 0 saturated carbocycles. The molecule has 9 heteroatoms. The van der Waals surface area contributed by atoms with E-state index in [0.717, 1.165) is 15.8 Å². The van der Waals surface area contributed by atoms with E-state index in [0.29, 0.717) is 39.9 Å². The number of nitrogens with zero attached hydrogens (tertiary/aromatic N) is 3. The molecule has 1 aliphatic heterocycles. The van der Waals surface area contributed by atoms with Crippen molar-refractivity contribution < 1.29 is 24.2 Å². The average molecular weight is 564 g/mol. The van der Waals surface area contributed by atoms with Crippen LogP contribution in [0.2, 0.25) is 0 Å². The largest absolute Gasteiger partial charge is 0.507 e. The fraction of sp³-hybridized carbons (Fsp3) is 0.125. The molecule has 0 spiro atoms. The first-order valence-corrected chi connectivity index (χ1v) is 13.7. The van der Waals surface area contributed by atoms with Gasteiger partial charge < -0.3 is 14.6 Å². The summed E-state index contributed by atoms with van der Waals surface area (Å²) in [5.74, 6) is -0.944. The van der Waals surface area contributed by atoms with Crippen LogP contribution in [0.15, 0.2) is 96.8 Å². The highest BCUT2D eigenvalue weighted by molar-refractivity contribution is 7.22. The number of aliphatic hydroxyl groups is 1. The van der Waals surface area contributed by atoms with Crippen molar-refractivity contribution in [1.82, 2.24) is 9.97 Å². The third-order valence-electron chi connectivity index (χ3n) is 6.88. The zero-order chi connectivity index (χ0) is 28.5. The molecule has 1 saturated heterocycles. The van der Waals surface area contributed by atoms with E-state index in [1.54, 1.807) is 30.3 Å². The lowest BCUT2D eigenvalue weighted by Crippen LogP contribution is -2.29. The predicted molar refractivity (Wildman–Crippen MR) is 157 cm³/mol. The van der Waals surface area contributed by atoms with Gasteiger partial charge in [0.2, 0.25) is 0 Å². The van der Waals surface area contributed by atoms with Gasteiger partial charge in [-0.25, -0.2) is 4.98 Å². The van der Waals surface area contributed by atoms with E-state index in [-0.39, 0.29) is 11.3 Å². The summed E-state index contributed by atoms with van der Waals surface area (Å²) in [6, 6.07) is 23.0. The number of aryl methyl sites for hydroxylation is 1. The number of thiazole rings is 1. The molecule has 204 valence electrons. The van der Waals surface area contributed by atoms with Crippen LogP contribution >= 0.6 is 11.3 Å². The number of pyridine rings is 1. The van der Waals surface area contributed by atoms with Crippen LogP contribution in [-0.2, 0) is 16.2 Å². The Labute approximate surface area is 240 Å². The highest BCUT2D eigenvalue weighted by atomic mass is 32.1. The van der Waals surface area contributed by atoms with Gasteiger partial charge in [-0.05, 0) is 60.0 Å². The number of methoxy groups -OCH3 is 1. The highest BCUT2D eigenvalue weighted by Gasteiger charge is 2.48. The number of aliphatic hydroxyl groups excluding tert-OH is 1. The van der Waals surface area contributed by atoms with Gasteiger partial charge in [-0.3, -0.25) is 19.5 Å². The maximum absolute atomic E-state index is 13.6. The average Bonchev–Trinajstić information content (AvgIpc) is 3.53. The summed E-state index contributed by atoms with van der Waals surface area (Å²) in [4.78, 5) is 37.2. The number of amides is 1. The number of carbonyl (C=O) groups excluding carboxylic acids is 2. The molecule has 0 radical (unpaired) electrons. The summed E-state index contributed by atoms with van der Waals surface area (Å²) in [5, 5.41) is 11.7. The first kappa shape index (κ1) is 26.2. The second-order valence-corrected chi connectivity index (χ2v) is 10.6. The Kier molecular flexibility index (Phi) is 6.94. The van der Waals surface area contributed by atoms with Crippen molar-refractivity contribution in [3.63, 3.8) is 0 Å². The number of rotatable bonds is 7. The van der Waals surface area contributed by atoms with E-state index in [2.05, 4.69) is 9.97 Å². The Morgan fingerprint density at radius 2 is 1.76 bits per heavy atom. The number of carbonyl (C=O) groups is 2. The summed E-state index contributed by atoms with van der Waals surface area (Å²) in [5.41, 5.74) is 3.65. The van der Waals surface area contributed by atoms with Crippen molar-refractivity contribution in [2.75, 3.05) is 12.0 Å². The third-order valence-corrected chi connectivity index (χ3v) is 7.89. The normalized spacial score (nSPS) is 16.3. The van der Waals surface area contributed by atoms with E-state index in [4.69, 9.17) is 9.47 Å². The topological polar surface area (TPSA) is 102 Å². The first-order valence-electron chi connectivity index (χ1n) is 12.9. The number of fused-ring (bicyclic) bond motifs is 1. The van der Waals surface area contributed by atoms with E-state index in [9.17, 15) is 14.7 Å². The Bertz CT molecular complexity index is 1800. The molecule has 41 heavy (non-hydrogen) atoms. The van der Waals surface area contributed by atoms with Gasteiger partial charge in [-0.1, -0.05) is 53.8 Å². The molecule has 0 aliphatic carbocycles. The molecule has 1 N–H and O–H groups in total. The van der Waals surface area contributed by atoms with Gasteiger partial charge in [-0.2, -0.15) is 0 Å². The van der Waals surface area contributed by atoms with Crippen molar-refractivity contribution in [2.24, 2.45) is 0 Å². The van der Waals surface area contributed by atoms with Crippen molar-refractivity contribution >= 4 is 44.1 Å². The highest BCUT2D eigenvalue weighted by Crippen LogP contribution is 2.46. The third kappa shape index (κ3) is 4.92. The SMILES string of the molecule is COc1cc(C2C(=C(O)c3ccncc3)C(=O)C(=O)N2c2nc3ccc(C)cc3s2)ccc1OCc1ccccc1. The number of aromatic nitrogens is 2. The molecule has 6 rings (SSSR count). The van der Waals surface area contributed by atoms with Crippen LogP contribution in [-0.4, -0.2) is 33.9 Å². The maximum Gasteiger partial charge on any atom is 0.301 e. The lowest BCUT2D eigenvalue weighted by Gasteiger charge is -2.24. The minimum Gasteiger partial charge on any atom is -0.507 e. The minimum absolute atomic E-state index is 0.0448. The van der Waals surface area contributed by atoms with E-state index < -0.39 is 17.7 Å².